The largest absolute Gasteiger partial charge is 0.327 e. The van der Waals surface area contributed by atoms with E-state index in [0.717, 1.165) is 22.1 Å². The molecule has 3 heteroatoms. The van der Waals surface area contributed by atoms with E-state index in [9.17, 15) is 4.79 Å². The fourth-order valence-corrected chi connectivity index (χ4v) is 2.32. The predicted octanol–water partition coefficient (Wildman–Crippen LogP) is 3.24. The minimum absolute atomic E-state index is 0.0404. The molecule has 0 aromatic heterocycles. The number of benzene rings is 1. The number of terminal acetylenes is 1. The number of nitrogens with zero attached hydrogens (tertiary/aromatic N) is 1. The Hall–Kier alpha value is -1.27. The zero-order chi connectivity index (χ0) is 13.1. The van der Waals surface area contributed by atoms with Crippen molar-refractivity contribution < 1.29 is 4.79 Å². The van der Waals surface area contributed by atoms with Gasteiger partial charge in [-0.15, -0.1) is 6.42 Å². The molecule has 0 atom stereocenters. The minimum Gasteiger partial charge on any atom is -0.327 e. The second kappa shape index (κ2) is 5.58. The second-order valence-electron chi connectivity index (χ2n) is 4.75. The maximum absolute atomic E-state index is 12.5. The summed E-state index contributed by atoms with van der Waals surface area (Å²) in [6.45, 7) is 3.12. The van der Waals surface area contributed by atoms with Crippen LogP contribution < -0.4 is 0 Å². The maximum Gasteiger partial charge on any atom is 0.254 e. The summed E-state index contributed by atoms with van der Waals surface area (Å²) in [6.07, 6.45) is 7.78. The van der Waals surface area contributed by atoms with E-state index < -0.39 is 0 Å². The van der Waals surface area contributed by atoms with Crippen molar-refractivity contribution in [2.24, 2.45) is 5.92 Å². The third-order valence-corrected chi connectivity index (χ3v) is 4.10. The molecule has 1 aliphatic carbocycles. The van der Waals surface area contributed by atoms with E-state index in [0.29, 0.717) is 12.5 Å². The van der Waals surface area contributed by atoms with Crippen molar-refractivity contribution in [1.29, 1.82) is 0 Å². The minimum atomic E-state index is 0.0404. The third kappa shape index (κ3) is 2.94. The fraction of sp³-hybridized carbons (Fsp3) is 0.400. The molecule has 1 saturated carbocycles. The van der Waals surface area contributed by atoms with Gasteiger partial charge in [0, 0.05) is 16.6 Å². The van der Waals surface area contributed by atoms with Crippen molar-refractivity contribution in [2.75, 3.05) is 13.1 Å². The molecule has 1 aromatic carbocycles. The maximum atomic E-state index is 12.5. The normalized spacial score (nSPS) is 14.1. The molecule has 2 rings (SSSR count). The highest BCUT2D eigenvalue weighted by molar-refractivity contribution is 9.10. The van der Waals surface area contributed by atoms with Gasteiger partial charge in [0.05, 0.1) is 6.54 Å². The lowest BCUT2D eigenvalue weighted by Crippen LogP contribution is -2.33. The van der Waals surface area contributed by atoms with E-state index in [1.54, 1.807) is 4.90 Å². The topological polar surface area (TPSA) is 20.3 Å². The van der Waals surface area contributed by atoms with Crippen LogP contribution in [0.25, 0.3) is 0 Å². The van der Waals surface area contributed by atoms with Crippen LogP contribution in [-0.2, 0) is 0 Å². The van der Waals surface area contributed by atoms with Crippen molar-refractivity contribution in [3.05, 3.63) is 33.8 Å². The van der Waals surface area contributed by atoms with Crippen LogP contribution in [-0.4, -0.2) is 23.9 Å². The van der Waals surface area contributed by atoms with Gasteiger partial charge in [0.15, 0.2) is 0 Å². The Bertz CT molecular complexity index is 500. The van der Waals surface area contributed by atoms with Gasteiger partial charge in [-0.25, -0.2) is 0 Å². The zero-order valence-electron chi connectivity index (χ0n) is 10.4. The molecule has 0 unspecified atom stereocenters. The summed E-state index contributed by atoms with van der Waals surface area (Å²) in [4.78, 5) is 14.3. The first-order valence-electron chi connectivity index (χ1n) is 6.11. The van der Waals surface area contributed by atoms with Crippen LogP contribution in [0.4, 0.5) is 0 Å². The van der Waals surface area contributed by atoms with E-state index in [1.807, 2.05) is 25.1 Å². The van der Waals surface area contributed by atoms with Gasteiger partial charge in [0.25, 0.3) is 5.91 Å². The van der Waals surface area contributed by atoms with Gasteiger partial charge in [0.2, 0.25) is 0 Å². The lowest BCUT2D eigenvalue weighted by Gasteiger charge is -2.21. The van der Waals surface area contributed by atoms with Crippen molar-refractivity contribution in [3.63, 3.8) is 0 Å². The summed E-state index contributed by atoms with van der Waals surface area (Å²) in [5, 5.41) is 0. The Morgan fingerprint density at radius 1 is 1.56 bits per heavy atom. The van der Waals surface area contributed by atoms with Gasteiger partial charge >= 0.3 is 0 Å². The predicted molar refractivity (Wildman–Crippen MR) is 76.3 cm³/mol. The summed E-state index contributed by atoms with van der Waals surface area (Å²) in [6, 6.07) is 5.69. The van der Waals surface area contributed by atoms with Gasteiger partial charge in [-0.1, -0.05) is 27.9 Å². The van der Waals surface area contributed by atoms with Crippen LogP contribution in [0.1, 0.15) is 28.8 Å². The molecule has 2 nitrogen and oxygen atoms in total. The molecule has 1 fully saturated rings. The van der Waals surface area contributed by atoms with Crippen LogP contribution in [0.2, 0.25) is 0 Å². The monoisotopic (exact) mass is 305 g/mol. The van der Waals surface area contributed by atoms with Crippen LogP contribution in [0, 0.1) is 25.2 Å². The van der Waals surface area contributed by atoms with Crippen molar-refractivity contribution >= 4 is 21.8 Å². The molecule has 1 aliphatic rings. The Morgan fingerprint density at radius 3 is 2.89 bits per heavy atom. The molecule has 94 valence electrons. The van der Waals surface area contributed by atoms with Gasteiger partial charge in [-0.05, 0) is 43.4 Å². The SMILES string of the molecule is C#CCN(CC1CC1)C(=O)c1cccc(Br)c1C. The average molecular weight is 306 g/mol. The highest BCUT2D eigenvalue weighted by Crippen LogP contribution is 2.30. The summed E-state index contributed by atoms with van der Waals surface area (Å²) < 4.78 is 0.959. The quantitative estimate of drug-likeness (QED) is 0.782. The summed E-state index contributed by atoms with van der Waals surface area (Å²) in [5.74, 6) is 3.27. The Balaban J connectivity index is 2.21. The summed E-state index contributed by atoms with van der Waals surface area (Å²) >= 11 is 3.45. The van der Waals surface area contributed by atoms with Crippen molar-refractivity contribution in [2.45, 2.75) is 19.8 Å². The zero-order valence-corrected chi connectivity index (χ0v) is 12.0. The Morgan fingerprint density at radius 2 is 2.28 bits per heavy atom. The fourth-order valence-electron chi connectivity index (χ4n) is 1.95. The molecular formula is C15H16BrNO. The molecule has 0 N–H and O–H groups in total. The van der Waals surface area contributed by atoms with E-state index in [4.69, 9.17) is 6.42 Å². The molecule has 0 bridgehead atoms. The summed E-state index contributed by atoms with van der Waals surface area (Å²) in [7, 11) is 0. The summed E-state index contributed by atoms with van der Waals surface area (Å²) in [5.41, 5.74) is 1.71. The first kappa shape index (κ1) is 13.2. The van der Waals surface area contributed by atoms with Crippen LogP contribution >= 0.6 is 15.9 Å². The molecule has 0 heterocycles. The number of carbonyl (C=O) groups excluding carboxylic acids is 1. The van der Waals surface area contributed by atoms with Gasteiger partial charge < -0.3 is 4.90 Å². The van der Waals surface area contributed by atoms with Crippen LogP contribution in [0.3, 0.4) is 0 Å². The van der Waals surface area contributed by atoms with Crippen LogP contribution in [0.15, 0.2) is 22.7 Å². The number of hydrogen-bond donors (Lipinski definition) is 0. The van der Waals surface area contributed by atoms with Crippen LogP contribution in [0.5, 0.6) is 0 Å². The molecule has 0 radical (unpaired) electrons. The molecular weight excluding hydrogens is 290 g/mol. The number of rotatable bonds is 4. The standard InChI is InChI=1S/C15H16BrNO/c1-3-9-17(10-12-7-8-12)15(18)13-5-4-6-14(16)11(13)2/h1,4-6,12H,7-10H2,2H3. The number of hydrogen-bond acceptors (Lipinski definition) is 1. The molecule has 1 amide bonds. The molecule has 18 heavy (non-hydrogen) atoms. The van der Waals surface area contributed by atoms with E-state index >= 15 is 0 Å². The molecule has 0 aliphatic heterocycles. The Kier molecular flexibility index (Phi) is 4.08. The smallest absolute Gasteiger partial charge is 0.254 e. The lowest BCUT2D eigenvalue weighted by atomic mass is 10.1. The highest BCUT2D eigenvalue weighted by atomic mass is 79.9. The Labute approximate surface area is 116 Å². The number of halogens is 1. The average Bonchev–Trinajstić information content (AvgIpc) is 3.15. The van der Waals surface area contributed by atoms with Gasteiger partial charge in [-0.2, -0.15) is 0 Å². The highest BCUT2D eigenvalue weighted by Gasteiger charge is 2.27. The number of carbonyl (C=O) groups is 1. The van der Waals surface area contributed by atoms with Crippen molar-refractivity contribution in [3.8, 4) is 12.3 Å². The number of amides is 1. The van der Waals surface area contributed by atoms with Gasteiger partial charge in [-0.3, -0.25) is 4.79 Å². The van der Waals surface area contributed by atoms with E-state index in [-0.39, 0.29) is 5.91 Å². The molecule has 0 spiro atoms. The van der Waals surface area contributed by atoms with Gasteiger partial charge in [0.1, 0.15) is 0 Å². The first-order valence-corrected chi connectivity index (χ1v) is 6.90. The molecule has 0 saturated heterocycles. The lowest BCUT2D eigenvalue weighted by molar-refractivity contribution is 0.0769. The van der Waals surface area contributed by atoms with Crippen molar-refractivity contribution in [1.82, 2.24) is 4.90 Å². The van der Waals surface area contributed by atoms with E-state index in [2.05, 4.69) is 21.9 Å². The molecule has 1 aromatic rings. The van der Waals surface area contributed by atoms with E-state index in [1.165, 1.54) is 12.8 Å². The second-order valence-corrected chi connectivity index (χ2v) is 5.60. The first-order chi connectivity index (χ1) is 8.63. The third-order valence-electron chi connectivity index (χ3n) is 3.24.